The van der Waals surface area contributed by atoms with Crippen molar-refractivity contribution >= 4 is 10.8 Å². The Labute approximate surface area is 156 Å². The molecular formula is C14H11F13OS. The average Bonchev–Trinajstić information content (AvgIpc) is 2.60. The lowest BCUT2D eigenvalue weighted by atomic mass is 9.76. The third-order valence-electron chi connectivity index (χ3n) is 4.95. The van der Waals surface area contributed by atoms with Crippen LogP contribution in [0.2, 0.25) is 0 Å². The van der Waals surface area contributed by atoms with Crippen LogP contribution in [-0.2, 0) is 10.8 Å². The van der Waals surface area contributed by atoms with E-state index in [0.29, 0.717) is 6.42 Å². The summed E-state index contributed by atoms with van der Waals surface area (Å²) in [5, 5.41) is -8.43. The molecule has 0 saturated heterocycles. The molecule has 29 heavy (non-hydrogen) atoms. The summed E-state index contributed by atoms with van der Waals surface area (Å²) >= 11 is 0. The van der Waals surface area contributed by atoms with Crippen LogP contribution in [0.25, 0.3) is 0 Å². The number of alkyl halides is 13. The highest BCUT2D eigenvalue weighted by atomic mass is 32.2. The fraction of sp³-hybridized carbons (Fsp3) is 0.857. The Kier molecular flexibility index (Phi) is 5.64. The average molecular weight is 474 g/mol. The number of halogens is 13. The molecule has 0 aromatic heterocycles. The van der Waals surface area contributed by atoms with Gasteiger partial charge in [-0.3, -0.25) is 4.21 Å². The van der Waals surface area contributed by atoms with Crippen LogP contribution in [0.4, 0.5) is 57.1 Å². The Morgan fingerprint density at radius 2 is 1.14 bits per heavy atom. The van der Waals surface area contributed by atoms with E-state index < -0.39 is 69.4 Å². The first-order valence-corrected chi connectivity index (χ1v) is 8.99. The molecular weight excluding hydrogens is 463 g/mol. The summed E-state index contributed by atoms with van der Waals surface area (Å²) in [5.41, 5.74) is 0. The van der Waals surface area contributed by atoms with Crippen molar-refractivity contribution in [3.8, 4) is 0 Å². The highest BCUT2D eigenvalue weighted by Gasteiger charge is 2.91. The molecule has 0 radical (unpaired) electrons. The van der Waals surface area contributed by atoms with Gasteiger partial charge in [-0.15, -0.1) is 0 Å². The normalized spacial score (nSPS) is 28.0. The summed E-state index contributed by atoms with van der Waals surface area (Å²) in [7, 11) is -4.29. The van der Waals surface area contributed by atoms with Gasteiger partial charge in [0.15, 0.2) is 0 Å². The van der Waals surface area contributed by atoms with Gasteiger partial charge in [0.2, 0.25) is 0 Å². The lowest BCUT2D eigenvalue weighted by Gasteiger charge is -2.42. The van der Waals surface area contributed by atoms with Gasteiger partial charge in [-0.1, -0.05) is 12.2 Å². The van der Waals surface area contributed by atoms with Crippen LogP contribution in [0, 0.1) is 11.8 Å². The van der Waals surface area contributed by atoms with Crippen LogP contribution in [0.1, 0.15) is 19.3 Å². The van der Waals surface area contributed by atoms with Gasteiger partial charge in [0, 0.05) is 5.25 Å². The highest BCUT2D eigenvalue weighted by molar-refractivity contribution is 7.86. The molecule has 15 heteroatoms. The summed E-state index contributed by atoms with van der Waals surface area (Å²) in [5.74, 6) is -32.7. The van der Waals surface area contributed by atoms with E-state index >= 15 is 0 Å². The van der Waals surface area contributed by atoms with E-state index in [0.717, 1.165) is 0 Å². The van der Waals surface area contributed by atoms with Crippen molar-refractivity contribution in [3.63, 3.8) is 0 Å². The van der Waals surface area contributed by atoms with Gasteiger partial charge < -0.3 is 0 Å². The molecule has 0 aromatic rings. The summed E-state index contributed by atoms with van der Waals surface area (Å²) in [6.45, 7) is 0. The van der Waals surface area contributed by atoms with E-state index in [1.54, 1.807) is 0 Å². The van der Waals surface area contributed by atoms with Gasteiger partial charge in [0.1, 0.15) is 10.8 Å². The third kappa shape index (κ3) is 3.25. The SMILES string of the molecule is O=S([C@H]1C[C@@H]2C=C[C@H]1CC2)C(F)(F)C(F)(F)C(F)(F)C(F)(F)C(F)(F)C(F)(F)F. The predicted molar refractivity (Wildman–Crippen MR) is 72.7 cm³/mol. The molecule has 0 aliphatic heterocycles. The maximum atomic E-state index is 14.0. The summed E-state index contributed by atoms with van der Waals surface area (Å²) in [4.78, 5) is 0. The molecule has 0 aromatic carbocycles. The molecule has 0 amide bonds. The zero-order chi connectivity index (χ0) is 22.8. The minimum absolute atomic E-state index is 0.0396. The Balaban J connectivity index is 2.45. The Morgan fingerprint density at radius 3 is 1.48 bits per heavy atom. The molecule has 3 aliphatic rings. The Bertz CT molecular complexity index is 696. The van der Waals surface area contributed by atoms with Crippen molar-refractivity contribution in [1.82, 2.24) is 0 Å². The van der Waals surface area contributed by atoms with Gasteiger partial charge >= 0.3 is 35.1 Å². The number of fused-ring (bicyclic) bond motifs is 2. The molecule has 170 valence electrons. The fourth-order valence-electron chi connectivity index (χ4n) is 3.20. The molecule has 0 N–H and O–H groups in total. The molecule has 0 spiro atoms. The van der Waals surface area contributed by atoms with Crippen molar-refractivity contribution in [3.05, 3.63) is 12.2 Å². The summed E-state index contributed by atoms with van der Waals surface area (Å²) < 4.78 is 183. The number of rotatable bonds is 6. The van der Waals surface area contributed by atoms with Crippen LogP contribution in [0.3, 0.4) is 0 Å². The molecule has 3 aliphatic carbocycles. The number of allylic oxidation sites excluding steroid dienone is 2. The molecule has 0 heterocycles. The van der Waals surface area contributed by atoms with Crippen LogP contribution in [0.15, 0.2) is 12.2 Å². The van der Waals surface area contributed by atoms with E-state index in [-0.39, 0.29) is 6.42 Å². The highest BCUT2D eigenvalue weighted by Crippen LogP contribution is 2.61. The maximum absolute atomic E-state index is 14.0. The van der Waals surface area contributed by atoms with E-state index in [1.807, 2.05) is 0 Å². The largest absolute Gasteiger partial charge is 0.460 e. The quantitative estimate of drug-likeness (QED) is 0.352. The van der Waals surface area contributed by atoms with Gasteiger partial charge in [0.05, 0.1) is 0 Å². The predicted octanol–water partition coefficient (Wildman–Crippen LogP) is 5.79. The number of hydrogen-bond donors (Lipinski definition) is 0. The maximum Gasteiger partial charge on any atom is 0.460 e. The monoisotopic (exact) mass is 474 g/mol. The van der Waals surface area contributed by atoms with Crippen molar-refractivity contribution in [2.24, 2.45) is 11.8 Å². The van der Waals surface area contributed by atoms with Crippen molar-refractivity contribution in [2.75, 3.05) is 0 Å². The summed E-state index contributed by atoms with van der Waals surface area (Å²) in [6, 6.07) is 0. The van der Waals surface area contributed by atoms with Crippen molar-refractivity contribution in [2.45, 2.75) is 59.6 Å². The third-order valence-corrected chi connectivity index (χ3v) is 6.80. The van der Waals surface area contributed by atoms with E-state index in [1.165, 1.54) is 12.2 Å². The van der Waals surface area contributed by atoms with Crippen molar-refractivity contribution in [1.29, 1.82) is 0 Å². The Hall–Kier alpha value is -1.02. The van der Waals surface area contributed by atoms with Gasteiger partial charge in [0.25, 0.3) is 0 Å². The first-order valence-electron chi connectivity index (χ1n) is 7.78. The molecule has 1 nitrogen and oxygen atoms in total. The summed E-state index contributed by atoms with van der Waals surface area (Å²) in [6.07, 6.45) is -4.86. The molecule has 1 unspecified atom stereocenters. The lowest BCUT2D eigenvalue weighted by Crippen LogP contribution is -2.71. The van der Waals surface area contributed by atoms with Crippen LogP contribution < -0.4 is 0 Å². The second kappa shape index (κ2) is 6.74. The smallest absolute Gasteiger partial charge is 0.253 e. The minimum Gasteiger partial charge on any atom is -0.253 e. The second-order valence-corrected chi connectivity index (χ2v) is 8.48. The molecule has 4 atom stereocenters. The van der Waals surface area contributed by atoms with Crippen LogP contribution in [-0.4, -0.2) is 44.6 Å². The standard InChI is InChI=1S/C14H11F13OS/c15-9(16,11(19,20)13(23,24)25)10(17,18)12(21,22)14(26,27)29(28)8-5-6-1-3-7(8)4-2-6/h1,3,6-8H,2,4-5H2/t6-,7+,8+,29?/m1/s1. The first-order chi connectivity index (χ1) is 12.7. The van der Waals surface area contributed by atoms with Crippen LogP contribution in [0.5, 0.6) is 0 Å². The van der Waals surface area contributed by atoms with E-state index in [4.69, 9.17) is 0 Å². The number of hydrogen-bond acceptors (Lipinski definition) is 1. The molecule has 2 bridgehead atoms. The van der Waals surface area contributed by atoms with Gasteiger partial charge in [-0.05, 0) is 31.1 Å². The topological polar surface area (TPSA) is 17.1 Å². The van der Waals surface area contributed by atoms with Crippen molar-refractivity contribution < 1.29 is 61.3 Å². The lowest BCUT2D eigenvalue weighted by molar-refractivity contribution is -0.433. The Morgan fingerprint density at radius 1 is 0.655 bits per heavy atom. The molecule has 1 fully saturated rings. The first kappa shape index (κ1) is 24.3. The van der Waals surface area contributed by atoms with Crippen LogP contribution >= 0.6 is 0 Å². The zero-order valence-corrected chi connectivity index (χ0v) is 14.6. The minimum atomic E-state index is -7.97. The second-order valence-electron chi connectivity index (χ2n) is 6.77. The zero-order valence-electron chi connectivity index (χ0n) is 13.7. The molecule has 1 saturated carbocycles. The molecule has 3 rings (SSSR count). The van der Waals surface area contributed by atoms with Gasteiger partial charge in [-0.25, -0.2) is 0 Å². The van der Waals surface area contributed by atoms with Gasteiger partial charge in [-0.2, -0.15) is 57.1 Å². The van der Waals surface area contributed by atoms with E-state index in [2.05, 4.69) is 0 Å². The van der Waals surface area contributed by atoms with E-state index in [9.17, 15) is 61.3 Å². The fourth-order valence-corrected chi connectivity index (χ4v) is 4.92.